The van der Waals surface area contributed by atoms with Crippen LogP contribution in [0.3, 0.4) is 0 Å². The van der Waals surface area contributed by atoms with Gasteiger partial charge in [0.05, 0.1) is 0 Å². The van der Waals surface area contributed by atoms with E-state index in [-0.39, 0.29) is 37.6 Å². The van der Waals surface area contributed by atoms with E-state index in [0.29, 0.717) is 0 Å². The van der Waals surface area contributed by atoms with Crippen molar-refractivity contribution in [3.8, 4) is 0 Å². The summed E-state index contributed by atoms with van der Waals surface area (Å²) in [5, 5.41) is 0. The van der Waals surface area contributed by atoms with Gasteiger partial charge in [0.25, 0.3) is 0 Å². The zero-order valence-corrected chi connectivity index (χ0v) is 12.8. The van der Waals surface area contributed by atoms with Gasteiger partial charge in [0.15, 0.2) is 0 Å². The van der Waals surface area contributed by atoms with Crippen LogP contribution in [0.25, 0.3) is 0 Å². The largest absolute Gasteiger partial charge is 0.466 e. The van der Waals surface area contributed by atoms with Crippen LogP contribution in [0, 0.1) is 0 Å². The van der Waals surface area contributed by atoms with E-state index < -0.39 is 31.3 Å². The second kappa shape index (κ2) is 20.3. The first-order valence-electron chi connectivity index (χ1n) is 3.13. The predicted molar refractivity (Wildman–Crippen MR) is 93.6 cm³/mol. The molecule has 0 aromatic carbocycles. The third kappa shape index (κ3) is 10700. The molecule has 0 spiro atoms. The van der Waals surface area contributed by atoms with E-state index in [1.165, 1.54) is 0 Å². The SMILES string of the molecule is F.O=P(O)(O)O.O=P(O)(O)O.O=P(O)(O)O.O=P(O)(O)O.[SiH4].[SiH4].[SiH4]. The van der Waals surface area contributed by atoms with Crippen LogP contribution in [0.15, 0.2) is 0 Å². The predicted octanol–water partition coefficient (Wildman–Crippen LogP) is -7.92. The summed E-state index contributed by atoms with van der Waals surface area (Å²) in [6, 6.07) is 0. The molecule has 16 nitrogen and oxygen atoms in total. The zero-order valence-electron chi connectivity index (χ0n) is 9.20. The van der Waals surface area contributed by atoms with Gasteiger partial charge < -0.3 is 58.7 Å². The van der Waals surface area contributed by atoms with E-state index in [4.69, 9.17) is 77.0 Å². The summed E-state index contributed by atoms with van der Waals surface area (Å²) in [6.45, 7) is 0. The molecular weight excluding hydrogens is 483 g/mol. The number of halogens is 1. The van der Waals surface area contributed by atoms with Gasteiger partial charge >= 0.3 is 31.3 Å². The fourth-order valence-corrected chi connectivity index (χ4v) is 0. The van der Waals surface area contributed by atoms with Crippen molar-refractivity contribution in [3.05, 3.63) is 0 Å². The smallest absolute Gasteiger partial charge is 0.303 e. The lowest BCUT2D eigenvalue weighted by Gasteiger charge is -1.82. The third-order valence-electron chi connectivity index (χ3n) is 0. The molecule has 0 radical (unpaired) electrons. The summed E-state index contributed by atoms with van der Waals surface area (Å²) in [5.41, 5.74) is 0. The summed E-state index contributed by atoms with van der Waals surface area (Å²) in [6.07, 6.45) is 0. The summed E-state index contributed by atoms with van der Waals surface area (Å²) in [5.74, 6) is 0. The molecule has 160 valence electrons. The van der Waals surface area contributed by atoms with Gasteiger partial charge in [-0.1, -0.05) is 0 Å². The second-order valence-corrected chi connectivity index (χ2v) is 6.16. The van der Waals surface area contributed by atoms with Crippen LogP contribution in [-0.2, 0) is 18.3 Å². The van der Waals surface area contributed by atoms with Gasteiger partial charge in [-0.15, -0.1) is 0 Å². The fourth-order valence-electron chi connectivity index (χ4n) is 0. The Morgan fingerprint density at radius 3 is 0.333 bits per heavy atom. The molecule has 0 bridgehead atoms. The molecule has 0 aliphatic heterocycles. The Hall–Kier alpha value is 1.02. The topological polar surface area (TPSA) is 311 Å². The van der Waals surface area contributed by atoms with E-state index in [1.54, 1.807) is 0 Å². The van der Waals surface area contributed by atoms with E-state index in [9.17, 15) is 0 Å². The Morgan fingerprint density at radius 2 is 0.333 bits per heavy atom. The van der Waals surface area contributed by atoms with Crippen molar-refractivity contribution in [3.63, 3.8) is 0 Å². The number of hydrogen-bond donors (Lipinski definition) is 12. The first kappa shape index (κ1) is 49.8. The van der Waals surface area contributed by atoms with Gasteiger partial charge in [-0.2, -0.15) is 0 Å². The zero-order chi connectivity index (χ0) is 18.0. The Bertz CT molecular complexity index is 298. The Labute approximate surface area is 146 Å². The maximum absolute atomic E-state index is 8.88. The summed E-state index contributed by atoms with van der Waals surface area (Å²) in [7, 11) is -18.6. The van der Waals surface area contributed by atoms with Crippen molar-refractivity contribution in [1.82, 2.24) is 0 Å². The highest BCUT2D eigenvalue weighted by Crippen LogP contribution is 2.27. The lowest BCUT2D eigenvalue weighted by atomic mass is 15.8. The van der Waals surface area contributed by atoms with Crippen LogP contribution in [0.4, 0.5) is 4.70 Å². The van der Waals surface area contributed by atoms with E-state index in [2.05, 4.69) is 0 Å². The standard InChI is InChI=1S/FH.4H3O4P.3H4Si/c;4*1-5(2,3)4;;;/h1H;4*(H3,1,2,3,4);3*1H4. The average Bonchev–Trinajstić information content (AvgIpc) is 1.62. The van der Waals surface area contributed by atoms with Crippen LogP contribution in [0.5, 0.6) is 0 Å². The lowest BCUT2D eigenvalue weighted by Crippen LogP contribution is -1.66. The normalized spacial score (nSPS) is 9.83. The minimum absolute atomic E-state index is 0. The number of rotatable bonds is 0. The van der Waals surface area contributed by atoms with E-state index in [1.807, 2.05) is 0 Å². The molecule has 0 saturated heterocycles. The summed E-state index contributed by atoms with van der Waals surface area (Å²) in [4.78, 5) is 86.2. The molecule has 24 heteroatoms. The first-order valence-corrected chi connectivity index (χ1v) is 9.39. The minimum atomic E-state index is -4.64. The quantitative estimate of drug-likeness (QED) is 0.107. The van der Waals surface area contributed by atoms with E-state index >= 15 is 0 Å². The van der Waals surface area contributed by atoms with Crippen molar-refractivity contribution in [2.45, 2.75) is 0 Å². The first-order chi connectivity index (χ1) is 8.00. The summed E-state index contributed by atoms with van der Waals surface area (Å²) < 4.78 is 35.5. The molecular formula is H25FO16P4Si3. The lowest BCUT2D eigenvalue weighted by molar-refractivity contribution is 0.272. The van der Waals surface area contributed by atoms with Gasteiger partial charge in [0.1, 0.15) is 0 Å². The molecule has 0 aromatic heterocycles. The van der Waals surface area contributed by atoms with Crippen LogP contribution in [0.2, 0.25) is 0 Å². The van der Waals surface area contributed by atoms with Gasteiger partial charge in [0.2, 0.25) is 0 Å². The highest BCUT2D eigenvalue weighted by molar-refractivity contribution is 7.45. The molecule has 12 N–H and O–H groups in total. The molecule has 0 amide bonds. The molecule has 0 fully saturated rings. The van der Waals surface area contributed by atoms with Crippen molar-refractivity contribution in [2.24, 2.45) is 0 Å². The highest BCUT2D eigenvalue weighted by atomic mass is 31.2. The van der Waals surface area contributed by atoms with Gasteiger partial charge in [0, 0.05) is 0 Å². The van der Waals surface area contributed by atoms with Crippen LogP contribution >= 0.6 is 31.3 Å². The van der Waals surface area contributed by atoms with Crippen molar-refractivity contribution in [1.29, 1.82) is 0 Å². The van der Waals surface area contributed by atoms with Gasteiger partial charge in [-0.05, 0) is 32.9 Å². The van der Waals surface area contributed by atoms with Crippen molar-refractivity contribution < 1.29 is 81.7 Å². The maximum atomic E-state index is 8.88. The van der Waals surface area contributed by atoms with Crippen LogP contribution in [0.1, 0.15) is 0 Å². The monoisotopic (exact) mass is 508 g/mol. The maximum Gasteiger partial charge on any atom is 0.466 e. The molecule has 0 unspecified atom stereocenters. The number of hydrogen-bond acceptors (Lipinski definition) is 4. The molecule has 0 aliphatic rings. The average molecular weight is 508 g/mol. The minimum Gasteiger partial charge on any atom is -0.303 e. The summed E-state index contributed by atoms with van der Waals surface area (Å²) >= 11 is 0. The molecule has 0 saturated carbocycles. The third-order valence-corrected chi connectivity index (χ3v) is 0. The molecule has 0 heterocycles. The molecule has 24 heavy (non-hydrogen) atoms. The Kier molecular flexibility index (Phi) is 42.2. The van der Waals surface area contributed by atoms with E-state index in [0.717, 1.165) is 0 Å². The Morgan fingerprint density at radius 1 is 0.333 bits per heavy atom. The van der Waals surface area contributed by atoms with Gasteiger partial charge in [-0.25, -0.2) is 18.3 Å². The molecule has 0 aliphatic carbocycles. The molecule has 0 aromatic rings. The van der Waals surface area contributed by atoms with Crippen molar-refractivity contribution >= 4 is 64.2 Å². The number of phosphoric acid groups is 4. The molecule has 0 rings (SSSR count). The fraction of sp³-hybridized carbons (Fsp3) is 0. The van der Waals surface area contributed by atoms with Crippen LogP contribution in [-0.4, -0.2) is 91.6 Å². The van der Waals surface area contributed by atoms with Gasteiger partial charge in [-0.3, -0.25) is 4.70 Å². The van der Waals surface area contributed by atoms with Crippen LogP contribution < -0.4 is 0 Å². The Balaban J connectivity index is -0.0000000225. The second-order valence-electron chi connectivity index (χ2n) is 2.05. The molecule has 0 atom stereocenters. The highest BCUT2D eigenvalue weighted by Gasteiger charge is 2.01. The van der Waals surface area contributed by atoms with Crippen molar-refractivity contribution in [2.75, 3.05) is 0 Å².